The highest BCUT2D eigenvalue weighted by Gasteiger charge is 2.30. The predicted octanol–water partition coefficient (Wildman–Crippen LogP) is 0.942. The molecule has 0 radical (unpaired) electrons. The molecule has 0 spiro atoms. The van der Waals surface area contributed by atoms with Crippen LogP contribution in [0.5, 0.6) is 0 Å². The summed E-state index contributed by atoms with van der Waals surface area (Å²) in [5.74, 6) is -0.905. The number of benzene rings is 2. The molecule has 0 bridgehead atoms. The van der Waals surface area contributed by atoms with Gasteiger partial charge in [-0.3, -0.25) is 19.4 Å². The zero-order chi connectivity index (χ0) is 22.2. The Kier molecular flexibility index (Phi) is 7.87. The van der Waals surface area contributed by atoms with Crippen molar-refractivity contribution >= 4 is 11.8 Å². The second-order valence-corrected chi connectivity index (χ2v) is 8.40. The average molecular weight is 436 g/mol. The summed E-state index contributed by atoms with van der Waals surface area (Å²) >= 11 is 0. The lowest BCUT2D eigenvalue weighted by molar-refractivity contribution is -0.147. The summed E-state index contributed by atoms with van der Waals surface area (Å²) < 4.78 is 0. The zero-order valence-electron chi connectivity index (χ0n) is 18.6. The third kappa shape index (κ3) is 5.73. The van der Waals surface area contributed by atoms with Crippen LogP contribution in [0, 0.1) is 0 Å². The van der Waals surface area contributed by atoms with Crippen LogP contribution in [0.1, 0.15) is 17.2 Å². The number of nitrogens with zero attached hydrogens (tertiary/aromatic N) is 3. The van der Waals surface area contributed by atoms with Crippen LogP contribution in [0.2, 0.25) is 0 Å². The first-order valence-electron chi connectivity index (χ1n) is 11.6. The summed E-state index contributed by atoms with van der Waals surface area (Å²) in [5, 5.41) is 6.12. The third-order valence-electron chi connectivity index (χ3n) is 6.31. The number of carbonyl (C=O) groups excluding carboxylic acids is 2. The summed E-state index contributed by atoms with van der Waals surface area (Å²) in [5.41, 5.74) is 2.48. The average Bonchev–Trinajstić information content (AvgIpc) is 2.86. The molecule has 2 N–H and O–H groups in total. The maximum absolute atomic E-state index is 12.7. The van der Waals surface area contributed by atoms with E-state index in [0.29, 0.717) is 19.6 Å². The summed E-state index contributed by atoms with van der Waals surface area (Å²) in [4.78, 5) is 31.4. The van der Waals surface area contributed by atoms with E-state index in [2.05, 4.69) is 69.0 Å². The largest absolute Gasteiger partial charge is 0.347 e. The minimum absolute atomic E-state index is 0.141. The molecule has 0 saturated carbocycles. The van der Waals surface area contributed by atoms with E-state index in [9.17, 15) is 9.59 Å². The van der Waals surface area contributed by atoms with Gasteiger partial charge in [0, 0.05) is 65.4 Å². The lowest BCUT2D eigenvalue weighted by Crippen LogP contribution is -2.54. The van der Waals surface area contributed by atoms with Crippen LogP contribution in [0.3, 0.4) is 0 Å². The molecule has 170 valence electrons. The highest BCUT2D eigenvalue weighted by atomic mass is 16.2. The Labute approximate surface area is 190 Å². The van der Waals surface area contributed by atoms with E-state index in [4.69, 9.17) is 0 Å². The standard InChI is InChI=1S/C25H33N5O2/c31-24(27-13-16-28-14-11-26-12-15-28)25(32)30-19-17-29(18-20-30)23(21-7-3-1-4-8-21)22-9-5-2-6-10-22/h1-10,23,26H,11-20H2,(H,27,31). The van der Waals surface area contributed by atoms with Crippen LogP contribution in [-0.4, -0.2) is 92.0 Å². The highest BCUT2D eigenvalue weighted by molar-refractivity contribution is 6.35. The molecular formula is C25H33N5O2. The molecular weight excluding hydrogens is 402 g/mol. The molecule has 7 heteroatoms. The Morgan fingerprint density at radius 3 is 1.94 bits per heavy atom. The fraction of sp³-hybridized carbons (Fsp3) is 0.440. The van der Waals surface area contributed by atoms with Gasteiger partial charge in [0.1, 0.15) is 0 Å². The Bertz CT molecular complexity index is 823. The van der Waals surface area contributed by atoms with E-state index in [1.165, 1.54) is 11.1 Å². The Morgan fingerprint density at radius 1 is 0.812 bits per heavy atom. The van der Waals surface area contributed by atoms with Crippen LogP contribution < -0.4 is 10.6 Å². The van der Waals surface area contributed by atoms with Gasteiger partial charge in [-0.25, -0.2) is 0 Å². The fourth-order valence-electron chi connectivity index (χ4n) is 4.55. The number of hydrogen-bond donors (Lipinski definition) is 2. The van der Waals surface area contributed by atoms with Gasteiger partial charge in [0.25, 0.3) is 0 Å². The normalized spacial score (nSPS) is 18.0. The minimum Gasteiger partial charge on any atom is -0.347 e. The van der Waals surface area contributed by atoms with Gasteiger partial charge in [-0.1, -0.05) is 60.7 Å². The summed E-state index contributed by atoms with van der Waals surface area (Å²) in [6.07, 6.45) is 0. The highest BCUT2D eigenvalue weighted by Crippen LogP contribution is 2.29. The first-order chi connectivity index (χ1) is 15.7. The Morgan fingerprint density at radius 2 is 1.38 bits per heavy atom. The lowest BCUT2D eigenvalue weighted by Gasteiger charge is -2.39. The van der Waals surface area contributed by atoms with Crippen LogP contribution >= 0.6 is 0 Å². The quantitative estimate of drug-likeness (QED) is 0.661. The molecule has 0 atom stereocenters. The summed E-state index contributed by atoms with van der Waals surface area (Å²) in [7, 11) is 0. The van der Waals surface area contributed by atoms with Crippen molar-refractivity contribution in [3.8, 4) is 0 Å². The summed E-state index contributed by atoms with van der Waals surface area (Å²) in [6, 6.07) is 21.1. The smallest absolute Gasteiger partial charge is 0.311 e. The SMILES string of the molecule is O=C(NCCN1CCNCC1)C(=O)N1CCN(C(c2ccccc2)c2ccccc2)CC1. The lowest BCUT2D eigenvalue weighted by atomic mass is 9.96. The van der Waals surface area contributed by atoms with Crippen LogP contribution in [0.15, 0.2) is 60.7 Å². The van der Waals surface area contributed by atoms with Crippen molar-refractivity contribution in [3.63, 3.8) is 0 Å². The number of hydrogen-bond acceptors (Lipinski definition) is 5. The number of carbonyl (C=O) groups is 2. The molecule has 2 aliphatic heterocycles. The monoisotopic (exact) mass is 435 g/mol. The van der Waals surface area contributed by atoms with Crippen molar-refractivity contribution in [2.45, 2.75) is 6.04 Å². The van der Waals surface area contributed by atoms with Gasteiger partial charge in [-0.05, 0) is 11.1 Å². The second kappa shape index (κ2) is 11.2. The van der Waals surface area contributed by atoms with Gasteiger partial charge in [0.2, 0.25) is 0 Å². The van der Waals surface area contributed by atoms with Crippen molar-refractivity contribution in [3.05, 3.63) is 71.8 Å². The van der Waals surface area contributed by atoms with Crippen LogP contribution in [0.4, 0.5) is 0 Å². The molecule has 2 heterocycles. The molecule has 0 unspecified atom stereocenters. The van der Waals surface area contributed by atoms with E-state index >= 15 is 0 Å². The van der Waals surface area contributed by atoms with E-state index < -0.39 is 11.8 Å². The number of piperazine rings is 2. The molecule has 0 aliphatic carbocycles. The van der Waals surface area contributed by atoms with Gasteiger partial charge in [-0.15, -0.1) is 0 Å². The van der Waals surface area contributed by atoms with Crippen molar-refractivity contribution < 1.29 is 9.59 Å². The molecule has 2 fully saturated rings. The van der Waals surface area contributed by atoms with E-state index in [0.717, 1.165) is 45.8 Å². The van der Waals surface area contributed by atoms with E-state index in [1.807, 2.05) is 12.1 Å². The van der Waals surface area contributed by atoms with Gasteiger partial charge < -0.3 is 15.5 Å². The van der Waals surface area contributed by atoms with Crippen molar-refractivity contribution in [2.75, 3.05) is 65.4 Å². The van der Waals surface area contributed by atoms with Gasteiger partial charge in [0.05, 0.1) is 6.04 Å². The Balaban J connectivity index is 1.31. The van der Waals surface area contributed by atoms with Gasteiger partial charge in [0.15, 0.2) is 0 Å². The fourth-order valence-corrected chi connectivity index (χ4v) is 4.55. The van der Waals surface area contributed by atoms with E-state index in [-0.39, 0.29) is 6.04 Å². The maximum Gasteiger partial charge on any atom is 0.311 e. The minimum atomic E-state index is -0.490. The van der Waals surface area contributed by atoms with Crippen molar-refractivity contribution in [1.29, 1.82) is 0 Å². The van der Waals surface area contributed by atoms with Gasteiger partial charge >= 0.3 is 11.8 Å². The molecule has 32 heavy (non-hydrogen) atoms. The summed E-state index contributed by atoms with van der Waals surface area (Å²) in [6.45, 7) is 7.78. The first kappa shape index (κ1) is 22.5. The predicted molar refractivity (Wildman–Crippen MR) is 125 cm³/mol. The topological polar surface area (TPSA) is 67.9 Å². The van der Waals surface area contributed by atoms with Crippen molar-refractivity contribution in [1.82, 2.24) is 25.3 Å². The maximum atomic E-state index is 12.7. The number of nitrogens with one attached hydrogen (secondary N) is 2. The molecule has 0 aromatic heterocycles. The molecule has 7 nitrogen and oxygen atoms in total. The second-order valence-electron chi connectivity index (χ2n) is 8.40. The molecule has 4 rings (SSSR count). The number of rotatable bonds is 6. The molecule has 2 aromatic rings. The molecule has 2 saturated heterocycles. The third-order valence-corrected chi connectivity index (χ3v) is 6.31. The molecule has 2 aromatic carbocycles. The van der Waals surface area contributed by atoms with E-state index in [1.54, 1.807) is 4.90 Å². The van der Waals surface area contributed by atoms with Gasteiger partial charge in [-0.2, -0.15) is 0 Å². The number of amides is 2. The van der Waals surface area contributed by atoms with Crippen molar-refractivity contribution in [2.24, 2.45) is 0 Å². The Hall–Kier alpha value is -2.74. The molecule has 2 aliphatic rings. The van der Waals surface area contributed by atoms with Crippen LogP contribution in [0.25, 0.3) is 0 Å². The van der Waals surface area contributed by atoms with Crippen LogP contribution in [-0.2, 0) is 9.59 Å². The zero-order valence-corrected chi connectivity index (χ0v) is 18.6. The molecule has 2 amide bonds. The first-order valence-corrected chi connectivity index (χ1v) is 11.6.